The fraction of sp³-hybridized carbons (Fsp3) is 0.300. The maximum atomic E-state index is 12.9. The van der Waals surface area contributed by atoms with Gasteiger partial charge >= 0.3 is 5.97 Å². The molecule has 0 radical (unpaired) electrons. The van der Waals surface area contributed by atoms with E-state index in [4.69, 9.17) is 14.2 Å². The smallest absolute Gasteiger partial charge is 0.331 e. The average Bonchev–Trinajstić information content (AvgIpc) is 3.43. The van der Waals surface area contributed by atoms with Gasteiger partial charge in [0.15, 0.2) is 11.8 Å². The maximum absolute atomic E-state index is 12.9. The molecule has 6 nitrogen and oxygen atoms in total. The Kier molecular flexibility index (Phi) is 5.11. The van der Waals surface area contributed by atoms with Crippen LogP contribution in [0.2, 0.25) is 0 Å². The van der Waals surface area contributed by atoms with E-state index in [1.165, 1.54) is 0 Å². The fourth-order valence-corrected chi connectivity index (χ4v) is 2.97. The molecule has 0 bridgehead atoms. The zero-order chi connectivity index (χ0) is 18.7. The van der Waals surface area contributed by atoms with Gasteiger partial charge < -0.3 is 19.1 Å². The van der Waals surface area contributed by atoms with E-state index < -0.39 is 18.1 Å². The quantitative estimate of drug-likeness (QED) is 0.432. The first-order valence-electron chi connectivity index (χ1n) is 8.38. The minimum absolute atomic E-state index is 0.124. The molecule has 2 aromatic rings. The van der Waals surface area contributed by atoms with E-state index in [0.29, 0.717) is 17.1 Å². The summed E-state index contributed by atoms with van der Waals surface area (Å²) in [5.74, 6) is 0.865. The summed E-state index contributed by atoms with van der Waals surface area (Å²) in [5, 5.41) is 0. The molecule has 0 spiro atoms. The van der Waals surface area contributed by atoms with Crippen LogP contribution in [0.25, 0.3) is 0 Å². The van der Waals surface area contributed by atoms with Gasteiger partial charge in [-0.15, -0.1) is 0 Å². The highest BCUT2D eigenvalue weighted by molar-refractivity contribution is 6.11. The van der Waals surface area contributed by atoms with Gasteiger partial charge in [0.1, 0.15) is 17.5 Å². The third-order valence-corrected chi connectivity index (χ3v) is 4.35. The molecule has 1 fully saturated rings. The van der Waals surface area contributed by atoms with E-state index in [9.17, 15) is 9.59 Å². The molecule has 0 unspecified atom stereocenters. The number of ketones is 1. The first-order valence-corrected chi connectivity index (χ1v) is 8.38. The SMILES string of the molecule is CCOC(=O)[C@H]1[C@@H](C(=O)c2ccc(OC)cc2)N1c1ccc(OC)cc1. The Morgan fingerprint density at radius 2 is 1.42 bits per heavy atom. The summed E-state index contributed by atoms with van der Waals surface area (Å²) in [4.78, 5) is 27.0. The molecule has 1 heterocycles. The van der Waals surface area contributed by atoms with Crippen molar-refractivity contribution in [3.63, 3.8) is 0 Å². The molecule has 136 valence electrons. The molecule has 2 aromatic carbocycles. The highest BCUT2D eigenvalue weighted by Crippen LogP contribution is 2.39. The Hall–Kier alpha value is -3.02. The molecule has 0 aromatic heterocycles. The number of nitrogens with zero attached hydrogens (tertiary/aromatic N) is 1. The molecule has 26 heavy (non-hydrogen) atoms. The lowest BCUT2D eigenvalue weighted by molar-refractivity contribution is -0.142. The molecule has 3 rings (SSSR count). The summed E-state index contributed by atoms with van der Waals surface area (Å²) in [7, 11) is 3.16. The highest BCUT2D eigenvalue weighted by atomic mass is 16.5. The van der Waals surface area contributed by atoms with Crippen molar-refractivity contribution in [1.82, 2.24) is 0 Å². The zero-order valence-electron chi connectivity index (χ0n) is 15.0. The van der Waals surface area contributed by atoms with Gasteiger partial charge in [0.05, 0.1) is 20.8 Å². The van der Waals surface area contributed by atoms with Crippen LogP contribution in [0.15, 0.2) is 48.5 Å². The Bertz CT molecular complexity index is 785. The van der Waals surface area contributed by atoms with Crippen LogP contribution in [0.4, 0.5) is 5.69 Å². The van der Waals surface area contributed by atoms with Crippen LogP contribution in [-0.2, 0) is 9.53 Å². The van der Waals surface area contributed by atoms with Crippen LogP contribution >= 0.6 is 0 Å². The van der Waals surface area contributed by atoms with Crippen LogP contribution in [0, 0.1) is 0 Å². The molecule has 0 saturated carbocycles. The van der Waals surface area contributed by atoms with Crippen molar-refractivity contribution in [2.75, 3.05) is 25.7 Å². The predicted octanol–water partition coefficient (Wildman–Crippen LogP) is 2.71. The molecule has 0 aliphatic carbocycles. The van der Waals surface area contributed by atoms with E-state index >= 15 is 0 Å². The first-order chi connectivity index (χ1) is 12.6. The largest absolute Gasteiger partial charge is 0.497 e. The van der Waals surface area contributed by atoms with Crippen molar-refractivity contribution >= 4 is 17.4 Å². The minimum Gasteiger partial charge on any atom is -0.497 e. The standard InChI is InChI=1S/C20H21NO5/c1-4-26-20(23)18-17(19(22)13-5-9-15(24-2)10-6-13)21(18)14-7-11-16(25-3)12-8-14/h5-12,17-18H,4H2,1-3H3/t17-,18+,21?/m0/s1. The van der Waals surface area contributed by atoms with Crippen molar-refractivity contribution < 1.29 is 23.8 Å². The summed E-state index contributed by atoms with van der Waals surface area (Å²) < 4.78 is 15.4. The number of hydrogen-bond acceptors (Lipinski definition) is 6. The third kappa shape index (κ3) is 3.35. The monoisotopic (exact) mass is 355 g/mol. The topological polar surface area (TPSA) is 64.8 Å². The lowest BCUT2D eigenvalue weighted by atomic mass is 10.1. The number of anilines is 1. The number of Topliss-reactive ketones (excluding diaryl/α,β-unsaturated/α-hetero) is 1. The van der Waals surface area contributed by atoms with Gasteiger partial charge in [-0.3, -0.25) is 4.79 Å². The number of hydrogen-bond donors (Lipinski definition) is 0. The molecule has 6 heteroatoms. The molecule has 2 atom stereocenters. The third-order valence-electron chi connectivity index (χ3n) is 4.35. The molecule has 1 aliphatic heterocycles. The van der Waals surface area contributed by atoms with Crippen LogP contribution in [-0.4, -0.2) is 44.7 Å². The van der Waals surface area contributed by atoms with Crippen molar-refractivity contribution in [1.29, 1.82) is 0 Å². The molecule has 0 amide bonds. The van der Waals surface area contributed by atoms with Gasteiger partial charge in [-0.25, -0.2) is 4.79 Å². The number of carbonyl (C=O) groups is 2. The van der Waals surface area contributed by atoms with Gasteiger partial charge in [0.25, 0.3) is 0 Å². The zero-order valence-corrected chi connectivity index (χ0v) is 15.0. The van der Waals surface area contributed by atoms with Gasteiger partial charge in [-0.05, 0) is 55.5 Å². The lowest BCUT2D eigenvalue weighted by Crippen LogP contribution is -2.18. The number of benzene rings is 2. The number of rotatable bonds is 7. The number of carbonyl (C=O) groups excluding carboxylic acids is 2. The molecular formula is C20H21NO5. The van der Waals surface area contributed by atoms with E-state index in [0.717, 1.165) is 5.69 Å². The van der Waals surface area contributed by atoms with Crippen LogP contribution in [0.5, 0.6) is 11.5 Å². The normalized spacial score (nSPS) is 18.2. The number of ether oxygens (including phenoxy) is 3. The summed E-state index contributed by atoms with van der Waals surface area (Å²) in [5.41, 5.74) is 1.30. The minimum atomic E-state index is -0.613. The fourth-order valence-electron chi connectivity index (χ4n) is 2.97. The highest BCUT2D eigenvalue weighted by Gasteiger charge is 2.58. The molecular weight excluding hydrogens is 334 g/mol. The van der Waals surface area contributed by atoms with Gasteiger partial charge in [-0.1, -0.05) is 0 Å². The van der Waals surface area contributed by atoms with E-state index in [1.807, 2.05) is 12.1 Å². The van der Waals surface area contributed by atoms with Crippen molar-refractivity contribution in [2.45, 2.75) is 19.0 Å². The van der Waals surface area contributed by atoms with Crippen molar-refractivity contribution in [3.05, 3.63) is 54.1 Å². The second kappa shape index (κ2) is 7.47. The Labute approximate surface area is 152 Å². The Morgan fingerprint density at radius 1 is 0.885 bits per heavy atom. The van der Waals surface area contributed by atoms with Gasteiger partial charge in [0, 0.05) is 11.3 Å². The van der Waals surface area contributed by atoms with Crippen molar-refractivity contribution in [2.24, 2.45) is 0 Å². The second-order valence-corrected chi connectivity index (χ2v) is 5.84. The van der Waals surface area contributed by atoms with E-state index in [-0.39, 0.29) is 12.4 Å². The second-order valence-electron chi connectivity index (χ2n) is 5.84. The molecule has 1 aliphatic rings. The van der Waals surface area contributed by atoms with E-state index in [1.54, 1.807) is 62.4 Å². The van der Waals surface area contributed by atoms with Crippen LogP contribution in [0.1, 0.15) is 17.3 Å². The first kappa shape index (κ1) is 17.8. The Balaban J connectivity index is 1.85. The average molecular weight is 355 g/mol. The number of methoxy groups -OCH3 is 2. The van der Waals surface area contributed by atoms with Gasteiger partial charge in [0.2, 0.25) is 0 Å². The summed E-state index contributed by atoms with van der Waals surface area (Å²) >= 11 is 0. The summed E-state index contributed by atoms with van der Waals surface area (Å²) in [6.45, 7) is 2.02. The molecule has 1 saturated heterocycles. The number of esters is 1. The van der Waals surface area contributed by atoms with E-state index in [2.05, 4.69) is 0 Å². The van der Waals surface area contributed by atoms with Crippen molar-refractivity contribution in [3.8, 4) is 11.5 Å². The Morgan fingerprint density at radius 3 is 1.92 bits per heavy atom. The van der Waals surface area contributed by atoms with Gasteiger partial charge in [-0.2, -0.15) is 0 Å². The molecule has 0 N–H and O–H groups in total. The van der Waals surface area contributed by atoms with Crippen LogP contribution in [0.3, 0.4) is 0 Å². The maximum Gasteiger partial charge on any atom is 0.331 e. The summed E-state index contributed by atoms with van der Waals surface area (Å²) in [6.07, 6.45) is 0. The summed E-state index contributed by atoms with van der Waals surface area (Å²) in [6, 6.07) is 12.9. The predicted molar refractivity (Wildman–Crippen MR) is 97.0 cm³/mol. The lowest BCUT2D eigenvalue weighted by Gasteiger charge is -2.07. The van der Waals surface area contributed by atoms with Crippen LogP contribution < -0.4 is 14.4 Å².